The molecule has 25 heavy (non-hydrogen) atoms. The molecule has 4 heteroatoms. The van der Waals surface area contributed by atoms with Crippen LogP contribution in [0.4, 0.5) is 0 Å². The standard InChI is InChI=1S/C21H25NO3/c1-16-14-22(19(15-25-16)17-9-5-3-6-10-17)20(23)13-21(2,24)18-11-7-4-8-12-18/h3-12,16,19,24H,13-15H2,1-2H3. The number of hydrogen-bond acceptors (Lipinski definition) is 3. The Hall–Kier alpha value is -2.17. The van der Waals surface area contributed by atoms with Gasteiger partial charge >= 0.3 is 0 Å². The molecule has 3 rings (SSSR count). The minimum Gasteiger partial charge on any atom is -0.385 e. The lowest BCUT2D eigenvalue weighted by Gasteiger charge is -2.40. The molecule has 3 unspecified atom stereocenters. The Morgan fingerprint density at radius 3 is 2.40 bits per heavy atom. The van der Waals surface area contributed by atoms with Crippen molar-refractivity contribution in [2.45, 2.75) is 38.0 Å². The first kappa shape index (κ1) is 17.6. The van der Waals surface area contributed by atoms with Gasteiger partial charge in [-0.3, -0.25) is 4.79 Å². The van der Waals surface area contributed by atoms with Gasteiger partial charge in [-0.2, -0.15) is 0 Å². The summed E-state index contributed by atoms with van der Waals surface area (Å²) < 4.78 is 5.78. The van der Waals surface area contributed by atoms with Crippen molar-refractivity contribution in [3.05, 3.63) is 71.8 Å². The van der Waals surface area contributed by atoms with Crippen molar-refractivity contribution in [3.8, 4) is 0 Å². The van der Waals surface area contributed by atoms with Gasteiger partial charge in [0, 0.05) is 6.54 Å². The van der Waals surface area contributed by atoms with Gasteiger partial charge in [0.2, 0.25) is 5.91 Å². The van der Waals surface area contributed by atoms with Crippen LogP contribution >= 0.6 is 0 Å². The molecule has 0 saturated carbocycles. The molecule has 1 heterocycles. The van der Waals surface area contributed by atoms with E-state index in [2.05, 4.69) is 0 Å². The lowest BCUT2D eigenvalue weighted by atomic mass is 9.91. The summed E-state index contributed by atoms with van der Waals surface area (Å²) in [5.74, 6) is -0.0575. The third-order valence-corrected chi connectivity index (χ3v) is 4.76. The van der Waals surface area contributed by atoms with E-state index in [4.69, 9.17) is 4.74 Å². The summed E-state index contributed by atoms with van der Waals surface area (Å²) in [6.45, 7) is 4.67. The average molecular weight is 339 g/mol. The molecule has 1 saturated heterocycles. The normalized spacial score (nSPS) is 23.1. The molecular weight excluding hydrogens is 314 g/mol. The Morgan fingerprint density at radius 1 is 1.16 bits per heavy atom. The van der Waals surface area contributed by atoms with E-state index in [1.807, 2.05) is 72.5 Å². The van der Waals surface area contributed by atoms with E-state index in [9.17, 15) is 9.90 Å². The number of benzene rings is 2. The first-order valence-electron chi connectivity index (χ1n) is 8.71. The number of nitrogens with zero attached hydrogens (tertiary/aromatic N) is 1. The number of morpholine rings is 1. The predicted molar refractivity (Wildman–Crippen MR) is 96.9 cm³/mol. The first-order valence-corrected chi connectivity index (χ1v) is 8.71. The molecule has 132 valence electrons. The van der Waals surface area contributed by atoms with Crippen LogP contribution in [0, 0.1) is 0 Å². The fraction of sp³-hybridized carbons (Fsp3) is 0.381. The molecule has 2 aromatic carbocycles. The Bertz CT molecular complexity index is 700. The lowest BCUT2D eigenvalue weighted by Crippen LogP contribution is -2.48. The van der Waals surface area contributed by atoms with Gasteiger partial charge in [-0.1, -0.05) is 60.7 Å². The number of hydrogen-bond donors (Lipinski definition) is 1. The number of carbonyl (C=O) groups is 1. The van der Waals surface area contributed by atoms with Crippen LogP contribution in [0.15, 0.2) is 60.7 Å². The van der Waals surface area contributed by atoms with Gasteiger partial charge < -0.3 is 14.7 Å². The van der Waals surface area contributed by atoms with Crippen molar-refractivity contribution < 1.29 is 14.6 Å². The van der Waals surface area contributed by atoms with Gasteiger partial charge in [0.15, 0.2) is 0 Å². The third-order valence-electron chi connectivity index (χ3n) is 4.76. The summed E-state index contributed by atoms with van der Waals surface area (Å²) in [7, 11) is 0. The van der Waals surface area contributed by atoms with Crippen molar-refractivity contribution >= 4 is 5.91 Å². The molecule has 1 N–H and O–H groups in total. The maximum Gasteiger partial charge on any atom is 0.226 e. The molecule has 4 nitrogen and oxygen atoms in total. The molecule has 0 spiro atoms. The van der Waals surface area contributed by atoms with Gasteiger partial charge in [-0.25, -0.2) is 0 Å². The summed E-state index contributed by atoms with van der Waals surface area (Å²) in [5, 5.41) is 10.8. The molecule has 1 aliphatic rings. The topological polar surface area (TPSA) is 49.8 Å². The van der Waals surface area contributed by atoms with Gasteiger partial charge in [-0.15, -0.1) is 0 Å². The molecule has 1 fully saturated rings. The molecule has 0 aliphatic carbocycles. The molecule has 0 aromatic heterocycles. The zero-order valence-corrected chi connectivity index (χ0v) is 14.8. The van der Waals surface area contributed by atoms with E-state index < -0.39 is 5.60 Å². The highest BCUT2D eigenvalue weighted by molar-refractivity contribution is 5.78. The predicted octanol–water partition coefficient (Wildman–Crippen LogP) is 3.27. The maximum absolute atomic E-state index is 13.0. The highest BCUT2D eigenvalue weighted by Crippen LogP contribution is 2.31. The van der Waals surface area contributed by atoms with E-state index in [-0.39, 0.29) is 24.5 Å². The van der Waals surface area contributed by atoms with Crippen molar-refractivity contribution in [3.63, 3.8) is 0 Å². The largest absolute Gasteiger partial charge is 0.385 e. The van der Waals surface area contributed by atoms with Crippen molar-refractivity contribution in [2.75, 3.05) is 13.2 Å². The van der Waals surface area contributed by atoms with Gasteiger partial charge in [-0.05, 0) is 25.0 Å². The van der Waals surface area contributed by atoms with Gasteiger partial charge in [0.1, 0.15) is 0 Å². The van der Waals surface area contributed by atoms with Crippen LogP contribution in [-0.2, 0) is 15.1 Å². The number of rotatable bonds is 4. The van der Waals surface area contributed by atoms with E-state index >= 15 is 0 Å². The van der Waals surface area contributed by atoms with E-state index in [1.165, 1.54) is 0 Å². The highest BCUT2D eigenvalue weighted by atomic mass is 16.5. The van der Waals surface area contributed by atoms with E-state index in [0.29, 0.717) is 13.2 Å². The SMILES string of the molecule is CC1CN(C(=O)CC(C)(O)c2ccccc2)C(c2ccccc2)CO1. The van der Waals surface area contributed by atoms with Crippen LogP contribution < -0.4 is 0 Å². The summed E-state index contributed by atoms with van der Waals surface area (Å²) in [6, 6.07) is 19.2. The Labute approximate surface area is 149 Å². The fourth-order valence-electron chi connectivity index (χ4n) is 3.32. The summed E-state index contributed by atoms with van der Waals surface area (Å²) in [4.78, 5) is 14.9. The Kier molecular flexibility index (Phi) is 5.21. The van der Waals surface area contributed by atoms with E-state index in [1.54, 1.807) is 6.92 Å². The van der Waals surface area contributed by atoms with Crippen LogP contribution in [0.5, 0.6) is 0 Å². The minimum absolute atomic E-state index is 0.00872. The molecule has 2 aromatic rings. The Morgan fingerprint density at radius 2 is 1.76 bits per heavy atom. The summed E-state index contributed by atoms with van der Waals surface area (Å²) in [6.07, 6.45) is 0.0400. The minimum atomic E-state index is -1.19. The summed E-state index contributed by atoms with van der Waals surface area (Å²) >= 11 is 0. The third kappa shape index (κ3) is 4.09. The first-order chi connectivity index (χ1) is 12.0. The molecule has 0 radical (unpaired) electrons. The van der Waals surface area contributed by atoms with Gasteiger partial charge in [0.25, 0.3) is 0 Å². The number of aliphatic hydroxyl groups is 1. The van der Waals surface area contributed by atoms with Crippen molar-refractivity contribution in [1.82, 2.24) is 4.90 Å². The average Bonchev–Trinajstić information content (AvgIpc) is 2.63. The molecule has 3 atom stereocenters. The molecular formula is C21H25NO3. The molecule has 1 amide bonds. The monoisotopic (exact) mass is 339 g/mol. The van der Waals surface area contributed by atoms with Gasteiger partial charge in [0.05, 0.1) is 30.8 Å². The van der Waals surface area contributed by atoms with Crippen molar-refractivity contribution in [1.29, 1.82) is 0 Å². The van der Waals surface area contributed by atoms with Crippen LogP contribution in [-0.4, -0.2) is 35.2 Å². The van der Waals surface area contributed by atoms with Crippen LogP contribution in [0.1, 0.15) is 37.4 Å². The number of ether oxygens (including phenoxy) is 1. The number of carbonyl (C=O) groups excluding carboxylic acids is 1. The van der Waals surface area contributed by atoms with Crippen LogP contribution in [0.3, 0.4) is 0 Å². The maximum atomic E-state index is 13.0. The summed E-state index contributed by atoms with van der Waals surface area (Å²) in [5.41, 5.74) is 0.615. The zero-order valence-electron chi connectivity index (χ0n) is 14.8. The molecule has 1 aliphatic heterocycles. The fourth-order valence-corrected chi connectivity index (χ4v) is 3.32. The van der Waals surface area contributed by atoms with Crippen LogP contribution in [0.25, 0.3) is 0 Å². The quantitative estimate of drug-likeness (QED) is 0.930. The lowest BCUT2D eigenvalue weighted by molar-refractivity contribution is -0.149. The second-order valence-electron chi connectivity index (χ2n) is 6.93. The van der Waals surface area contributed by atoms with E-state index in [0.717, 1.165) is 11.1 Å². The Balaban J connectivity index is 1.80. The smallest absolute Gasteiger partial charge is 0.226 e. The molecule has 0 bridgehead atoms. The zero-order chi connectivity index (χ0) is 17.9. The van der Waals surface area contributed by atoms with Crippen LogP contribution in [0.2, 0.25) is 0 Å². The highest BCUT2D eigenvalue weighted by Gasteiger charge is 2.35. The second-order valence-corrected chi connectivity index (χ2v) is 6.93. The van der Waals surface area contributed by atoms with Crippen molar-refractivity contribution in [2.24, 2.45) is 0 Å². The number of amides is 1. The second kappa shape index (κ2) is 7.38.